The molecule has 1 saturated heterocycles. The second-order valence-electron chi connectivity index (χ2n) is 3.48. The fourth-order valence-electron chi connectivity index (χ4n) is 1.50. The molecule has 0 aromatic heterocycles. The van der Waals surface area contributed by atoms with Gasteiger partial charge in [0.2, 0.25) is 0 Å². The van der Waals surface area contributed by atoms with E-state index in [1.54, 1.807) is 0 Å². The summed E-state index contributed by atoms with van der Waals surface area (Å²) < 4.78 is 10.8. The van der Waals surface area contributed by atoms with E-state index in [1.165, 1.54) is 0 Å². The molecule has 1 aromatic rings. The average Bonchev–Trinajstić information content (AvgIpc) is 2.71. The molecule has 1 aliphatic heterocycles. The van der Waals surface area contributed by atoms with Crippen LogP contribution >= 0.6 is 0 Å². The van der Waals surface area contributed by atoms with Crippen LogP contribution in [0, 0.1) is 0 Å². The molecule has 2 nitrogen and oxygen atoms in total. The highest BCUT2D eigenvalue weighted by Crippen LogP contribution is 2.25. The van der Waals surface area contributed by atoms with Gasteiger partial charge in [0, 0.05) is 5.56 Å². The normalized spacial score (nSPS) is 17.2. The summed E-state index contributed by atoms with van der Waals surface area (Å²) in [6.45, 7) is 7.27. The van der Waals surface area contributed by atoms with Crippen LogP contribution in [0.3, 0.4) is 0 Å². The topological polar surface area (TPSA) is 18.5 Å². The van der Waals surface area contributed by atoms with Crippen molar-refractivity contribution in [1.82, 2.24) is 0 Å². The highest BCUT2D eigenvalue weighted by Gasteiger charge is 2.17. The maximum absolute atomic E-state index is 5.42. The lowest BCUT2D eigenvalue weighted by Crippen LogP contribution is -1.98. The average molecular weight is 190 g/mol. The van der Waals surface area contributed by atoms with Crippen molar-refractivity contribution in [3.05, 3.63) is 42.0 Å². The molecular weight excluding hydrogens is 176 g/mol. The highest BCUT2D eigenvalue weighted by atomic mass is 16.7. The molecule has 1 aromatic carbocycles. The molecule has 1 aliphatic rings. The molecule has 0 N–H and O–H groups in total. The van der Waals surface area contributed by atoms with Crippen LogP contribution in [0.5, 0.6) is 0 Å². The van der Waals surface area contributed by atoms with Crippen LogP contribution in [0.15, 0.2) is 30.8 Å². The van der Waals surface area contributed by atoms with E-state index >= 15 is 0 Å². The quantitative estimate of drug-likeness (QED) is 0.714. The van der Waals surface area contributed by atoms with Gasteiger partial charge in [0.1, 0.15) is 0 Å². The minimum absolute atomic E-state index is 0.186. The fourth-order valence-corrected chi connectivity index (χ4v) is 1.50. The molecular formula is C12H14O2. The van der Waals surface area contributed by atoms with Crippen LogP contribution in [-0.2, 0) is 9.47 Å². The largest absolute Gasteiger partial charge is 0.346 e. The summed E-state index contributed by atoms with van der Waals surface area (Å²) >= 11 is 0. The predicted octanol–water partition coefficient (Wildman–Crippen LogP) is 2.77. The third kappa shape index (κ3) is 1.86. The van der Waals surface area contributed by atoms with Crippen molar-refractivity contribution in [2.75, 3.05) is 13.2 Å². The Kier molecular flexibility index (Phi) is 2.66. The maximum Gasteiger partial charge on any atom is 0.184 e. The molecule has 0 unspecified atom stereocenters. The van der Waals surface area contributed by atoms with Gasteiger partial charge in [-0.05, 0) is 18.6 Å². The number of ether oxygens (including phenoxy) is 2. The number of allylic oxidation sites excluding steroid dienone is 1. The second kappa shape index (κ2) is 3.95. The number of rotatable bonds is 2. The molecule has 2 rings (SSSR count). The first kappa shape index (κ1) is 9.44. The van der Waals surface area contributed by atoms with Crippen LogP contribution in [0.25, 0.3) is 5.57 Å². The summed E-state index contributed by atoms with van der Waals surface area (Å²) in [7, 11) is 0. The molecule has 2 heteroatoms. The van der Waals surface area contributed by atoms with Crippen LogP contribution < -0.4 is 0 Å². The van der Waals surface area contributed by atoms with Gasteiger partial charge in [-0.2, -0.15) is 0 Å². The van der Waals surface area contributed by atoms with Gasteiger partial charge in [0.25, 0.3) is 0 Å². The van der Waals surface area contributed by atoms with Crippen LogP contribution in [0.1, 0.15) is 24.3 Å². The zero-order chi connectivity index (χ0) is 9.97. The number of benzene rings is 1. The minimum atomic E-state index is -0.186. The molecule has 74 valence electrons. The highest BCUT2D eigenvalue weighted by molar-refractivity contribution is 5.61. The Bertz CT molecular complexity index is 338. The summed E-state index contributed by atoms with van der Waals surface area (Å²) in [6, 6.07) is 8.13. The van der Waals surface area contributed by atoms with Crippen molar-refractivity contribution in [3.63, 3.8) is 0 Å². The van der Waals surface area contributed by atoms with Crippen LogP contribution in [0.2, 0.25) is 0 Å². The molecule has 0 aliphatic carbocycles. The van der Waals surface area contributed by atoms with Crippen molar-refractivity contribution in [2.24, 2.45) is 0 Å². The Morgan fingerprint density at radius 2 is 2.07 bits per heavy atom. The van der Waals surface area contributed by atoms with Crippen molar-refractivity contribution < 1.29 is 9.47 Å². The zero-order valence-corrected chi connectivity index (χ0v) is 8.32. The summed E-state index contributed by atoms with van der Waals surface area (Å²) in [6.07, 6.45) is -0.186. The SMILES string of the molecule is C=C(C)c1cccc(C2OCCO2)c1. The van der Waals surface area contributed by atoms with Gasteiger partial charge >= 0.3 is 0 Å². The summed E-state index contributed by atoms with van der Waals surface area (Å²) in [5, 5.41) is 0. The maximum atomic E-state index is 5.42. The second-order valence-corrected chi connectivity index (χ2v) is 3.48. The lowest BCUT2D eigenvalue weighted by molar-refractivity contribution is -0.0441. The predicted molar refractivity (Wildman–Crippen MR) is 55.8 cm³/mol. The summed E-state index contributed by atoms with van der Waals surface area (Å²) in [5.74, 6) is 0. The van der Waals surface area contributed by atoms with E-state index in [0.29, 0.717) is 13.2 Å². The molecule has 0 saturated carbocycles. The van der Waals surface area contributed by atoms with Gasteiger partial charge in [-0.1, -0.05) is 30.4 Å². The molecule has 0 amide bonds. The molecule has 1 fully saturated rings. The molecule has 0 bridgehead atoms. The number of hydrogen-bond donors (Lipinski definition) is 0. The Hall–Kier alpha value is -1.12. The van der Waals surface area contributed by atoms with Crippen LogP contribution in [-0.4, -0.2) is 13.2 Å². The van der Waals surface area contributed by atoms with Crippen molar-refractivity contribution in [1.29, 1.82) is 0 Å². The Morgan fingerprint density at radius 3 is 2.71 bits per heavy atom. The fraction of sp³-hybridized carbons (Fsp3) is 0.333. The van der Waals surface area contributed by atoms with Crippen LogP contribution in [0.4, 0.5) is 0 Å². The van der Waals surface area contributed by atoms with Gasteiger partial charge in [-0.15, -0.1) is 0 Å². The Morgan fingerprint density at radius 1 is 1.36 bits per heavy atom. The minimum Gasteiger partial charge on any atom is -0.346 e. The van der Waals surface area contributed by atoms with E-state index in [0.717, 1.165) is 16.7 Å². The zero-order valence-electron chi connectivity index (χ0n) is 8.32. The first-order chi connectivity index (χ1) is 6.77. The smallest absolute Gasteiger partial charge is 0.184 e. The van der Waals surface area contributed by atoms with E-state index in [2.05, 4.69) is 12.6 Å². The standard InChI is InChI=1S/C12H14O2/c1-9(2)10-4-3-5-11(8-10)12-13-6-7-14-12/h3-5,8,12H,1,6-7H2,2H3. The summed E-state index contributed by atoms with van der Waals surface area (Å²) in [4.78, 5) is 0. The lowest BCUT2D eigenvalue weighted by atomic mass is 10.1. The molecule has 0 spiro atoms. The summed E-state index contributed by atoms with van der Waals surface area (Å²) in [5.41, 5.74) is 3.27. The lowest BCUT2D eigenvalue weighted by Gasteiger charge is -2.10. The Balaban J connectivity index is 2.25. The molecule has 0 atom stereocenters. The van der Waals surface area contributed by atoms with Crippen molar-refractivity contribution in [2.45, 2.75) is 13.2 Å². The Labute approximate surface area is 84.2 Å². The van der Waals surface area contributed by atoms with Gasteiger partial charge < -0.3 is 9.47 Å². The molecule has 0 radical (unpaired) electrons. The van der Waals surface area contributed by atoms with E-state index in [4.69, 9.17) is 9.47 Å². The first-order valence-electron chi connectivity index (χ1n) is 4.76. The monoisotopic (exact) mass is 190 g/mol. The van der Waals surface area contributed by atoms with E-state index in [9.17, 15) is 0 Å². The van der Waals surface area contributed by atoms with Gasteiger partial charge in [0.05, 0.1) is 13.2 Å². The van der Waals surface area contributed by atoms with E-state index < -0.39 is 0 Å². The molecule has 14 heavy (non-hydrogen) atoms. The van der Waals surface area contributed by atoms with Gasteiger partial charge in [-0.25, -0.2) is 0 Å². The van der Waals surface area contributed by atoms with E-state index in [1.807, 2.05) is 25.1 Å². The number of hydrogen-bond acceptors (Lipinski definition) is 2. The van der Waals surface area contributed by atoms with Gasteiger partial charge in [0.15, 0.2) is 6.29 Å². The first-order valence-corrected chi connectivity index (χ1v) is 4.76. The molecule has 1 heterocycles. The van der Waals surface area contributed by atoms with Crippen molar-refractivity contribution in [3.8, 4) is 0 Å². The van der Waals surface area contributed by atoms with Crippen molar-refractivity contribution >= 4 is 5.57 Å². The third-order valence-electron chi connectivity index (χ3n) is 2.27. The van der Waals surface area contributed by atoms with Gasteiger partial charge in [-0.3, -0.25) is 0 Å². The third-order valence-corrected chi connectivity index (χ3v) is 2.27. The van der Waals surface area contributed by atoms with E-state index in [-0.39, 0.29) is 6.29 Å².